The van der Waals surface area contributed by atoms with Crippen LogP contribution in [0.1, 0.15) is 11.4 Å². The van der Waals surface area contributed by atoms with E-state index in [1.54, 1.807) is 0 Å². The zero-order valence-electron chi connectivity index (χ0n) is 14.5. The van der Waals surface area contributed by atoms with Crippen LogP contribution in [0.5, 0.6) is 0 Å². The average molecular weight is 368 g/mol. The van der Waals surface area contributed by atoms with Crippen molar-refractivity contribution < 1.29 is 0 Å². The lowest BCUT2D eigenvalue weighted by atomic mass is 10.0. The Kier molecular flexibility index (Phi) is 3.84. The van der Waals surface area contributed by atoms with Crippen LogP contribution in [-0.4, -0.2) is 9.97 Å². The molecule has 0 saturated heterocycles. The van der Waals surface area contributed by atoms with Gasteiger partial charge in [0.2, 0.25) is 0 Å². The third-order valence-electron chi connectivity index (χ3n) is 4.77. The monoisotopic (exact) mass is 368 g/mol. The normalized spacial score (nSPS) is 11.3. The fourth-order valence-electron chi connectivity index (χ4n) is 3.44. The minimum absolute atomic E-state index is 0.0738. The zero-order valence-corrected chi connectivity index (χ0v) is 15.3. The van der Waals surface area contributed by atoms with Crippen molar-refractivity contribution in [1.82, 2.24) is 9.97 Å². The van der Waals surface area contributed by atoms with E-state index in [0.29, 0.717) is 17.6 Å². The van der Waals surface area contributed by atoms with Crippen LogP contribution in [0, 0.1) is 0 Å². The van der Waals surface area contributed by atoms with Gasteiger partial charge in [0.25, 0.3) is 5.56 Å². The summed E-state index contributed by atoms with van der Waals surface area (Å²) >= 11 is 1.52. The standard InChI is InChI=1S/C23H16N2OS/c26-22-21-19(18-11-10-16-8-4-5-9-17(16)13-18)14-27-23(21)25-20(24-22)12-15-6-2-1-3-7-15/h1-11,13-14H,12H2,(H,24,25,26). The van der Waals surface area contributed by atoms with Gasteiger partial charge in [-0.15, -0.1) is 11.3 Å². The molecule has 2 aromatic heterocycles. The first-order valence-electron chi connectivity index (χ1n) is 8.81. The number of nitrogens with one attached hydrogen (secondary N) is 1. The molecule has 4 heteroatoms. The van der Waals surface area contributed by atoms with Crippen LogP contribution >= 0.6 is 11.3 Å². The summed E-state index contributed by atoms with van der Waals surface area (Å²) in [5.41, 5.74) is 3.05. The maximum absolute atomic E-state index is 12.8. The van der Waals surface area contributed by atoms with Crippen LogP contribution in [0.2, 0.25) is 0 Å². The summed E-state index contributed by atoms with van der Waals surface area (Å²) in [6.45, 7) is 0. The highest BCUT2D eigenvalue weighted by Crippen LogP contribution is 2.32. The lowest BCUT2D eigenvalue weighted by Gasteiger charge is -2.04. The van der Waals surface area contributed by atoms with E-state index in [-0.39, 0.29) is 5.56 Å². The maximum atomic E-state index is 12.8. The maximum Gasteiger partial charge on any atom is 0.260 e. The molecule has 0 radical (unpaired) electrons. The highest BCUT2D eigenvalue weighted by atomic mass is 32.1. The van der Waals surface area contributed by atoms with E-state index in [9.17, 15) is 4.79 Å². The SMILES string of the molecule is O=c1[nH]c(Cc2ccccc2)nc2scc(-c3ccc4ccccc4c3)c12. The van der Waals surface area contributed by atoms with Crippen LogP contribution in [0.3, 0.4) is 0 Å². The van der Waals surface area contributed by atoms with E-state index in [4.69, 9.17) is 4.98 Å². The first-order chi connectivity index (χ1) is 13.3. The molecule has 3 aromatic carbocycles. The van der Waals surface area contributed by atoms with Crippen LogP contribution in [-0.2, 0) is 6.42 Å². The number of fused-ring (bicyclic) bond motifs is 2. The zero-order chi connectivity index (χ0) is 18.2. The van der Waals surface area contributed by atoms with Crippen molar-refractivity contribution in [3.8, 4) is 11.1 Å². The molecule has 0 saturated carbocycles. The van der Waals surface area contributed by atoms with Gasteiger partial charge in [-0.1, -0.05) is 66.7 Å². The van der Waals surface area contributed by atoms with E-state index in [2.05, 4.69) is 35.3 Å². The Labute approximate surface area is 160 Å². The summed E-state index contributed by atoms with van der Waals surface area (Å²) in [7, 11) is 0. The second-order valence-electron chi connectivity index (χ2n) is 6.57. The Bertz CT molecular complexity index is 1320. The lowest BCUT2D eigenvalue weighted by molar-refractivity contribution is 0.977. The van der Waals surface area contributed by atoms with Crippen LogP contribution in [0.25, 0.3) is 32.1 Å². The molecule has 0 fully saturated rings. The lowest BCUT2D eigenvalue weighted by Crippen LogP contribution is -2.11. The molecule has 0 aliphatic carbocycles. The van der Waals surface area contributed by atoms with Crippen molar-refractivity contribution >= 4 is 32.3 Å². The molecule has 0 aliphatic rings. The van der Waals surface area contributed by atoms with Crippen molar-refractivity contribution in [2.45, 2.75) is 6.42 Å². The van der Waals surface area contributed by atoms with Crippen molar-refractivity contribution in [3.63, 3.8) is 0 Å². The number of thiophene rings is 1. The minimum Gasteiger partial charge on any atom is -0.310 e. The first kappa shape index (κ1) is 16.0. The van der Waals surface area contributed by atoms with Crippen molar-refractivity contribution in [1.29, 1.82) is 0 Å². The minimum atomic E-state index is -0.0738. The molecule has 0 atom stereocenters. The Morgan fingerprint density at radius 1 is 0.889 bits per heavy atom. The molecule has 3 nitrogen and oxygen atoms in total. The molecule has 0 aliphatic heterocycles. The molecule has 0 unspecified atom stereocenters. The van der Waals surface area contributed by atoms with E-state index >= 15 is 0 Å². The largest absolute Gasteiger partial charge is 0.310 e. The number of nitrogens with zero attached hydrogens (tertiary/aromatic N) is 1. The summed E-state index contributed by atoms with van der Waals surface area (Å²) in [4.78, 5) is 21.3. The number of hydrogen-bond donors (Lipinski definition) is 1. The fraction of sp³-hybridized carbons (Fsp3) is 0.0435. The van der Waals surface area contributed by atoms with E-state index in [1.807, 2.05) is 47.8 Å². The molecule has 0 amide bonds. The molecule has 5 rings (SSSR count). The first-order valence-corrected chi connectivity index (χ1v) is 9.69. The molecule has 2 heterocycles. The van der Waals surface area contributed by atoms with Gasteiger partial charge in [0.15, 0.2) is 0 Å². The van der Waals surface area contributed by atoms with Crippen LogP contribution < -0.4 is 5.56 Å². The predicted octanol–water partition coefficient (Wildman–Crippen LogP) is 5.40. The van der Waals surface area contributed by atoms with Gasteiger partial charge >= 0.3 is 0 Å². The molecule has 130 valence electrons. The average Bonchev–Trinajstić information content (AvgIpc) is 3.13. The topological polar surface area (TPSA) is 45.8 Å². The number of rotatable bonds is 3. The Morgan fingerprint density at radius 3 is 2.52 bits per heavy atom. The van der Waals surface area contributed by atoms with Gasteiger partial charge < -0.3 is 4.98 Å². The fourth-order valence-corrected chi connectivity index (χ4v) is 4.40. The highest BCUT2D eigenvalue weighted by Gasteiger charge is 2.13. The van der Waals surface area contributed by atoms with Gasteiger partial charge in [-0.25, -0.2) is 4.98 Å². The summed E-state index contributed by atoms with van der Waals surface area (Å²) in [6, 6.07) is 24.6. The highest BCUT2D eigenvalue weighted by molar-refractivity contribution is 7.17. The Balaban J connectivity index is 1.61. The second-order valence-corrected chi connectivity index (χ2v) is 7.42. The van der Waals surface area contributed by atoms with E-state index in [1.165, 1.54) is 22.1 Å². The quantitative estimate of drug-likeness (QED) is 0.464. The summed E-state index contributed by atoms with van der Waals surface area (Å²) in [6.07, 6.45) is 0.620. The number of benzene rings is 3. The third-order valence-corrected chi connectivity index (χ3v) is 5.64. The molecule has 0 bridgehead atoms. The van der Waals surface area contributed by atoms with Gasteiger partial charge in [0.1, 0.15) is 10.7 Å². The third kappa shape index (κ3) is 2.94. The predicted molar refractivity (Wildman–Crippen MR) is 112 cm³/mol. The second kappa shape index (κ2) is 6.49. The molecule has 5 aromatic rings. The number of H-pyrrole nitrogens is 1. The summed E-state index contributed by atoms with van der Waals surface area (Å²) in [5, 5.41) is 5.06. The van der Waals surface area contributed by atoms with Crippen LogP contribution in [0.15, 0.2) is 83.0 Å². The molecule has 27 heavy (non-hydrogen) atoms. The number of aromatic amines is 1. The summed E-state index contributed by atoms with van der Waals surface area (Å²) in [5.74, 6) is 0.700. The van der Waals surface area contributed by atoms with E-state index < -0.39 is 0 Å². The Hall–Kier alpha value is -3.24. The van der Waals surface area contributed by atoms with Gasteiger partial charge in [0.05, 0.1) is 5.39 Å². The van der Waals surface area contributed by atoms with Crippen LogP contribution in [0.4, 0.5) is 0 Å². The smallest absolute Gasteiger partial charge is 0.260 e. The number of hydrogen-bond acceptors (Lipinski definition) is 3. The van der Waals surface area contributed by atoms with Gasteiger partial charge in [-0.2, -0.15) is 0 Å². The number of aromatic nitrogens is 2. The van der Waals surface area contributed by atoms with Gasteiger partial charge in [0, 0.05) is 17.4 Å². The van der Waals surface area contributed by atoms with E-state index in [0.717, 1.165) is 21.5 Å². The van der Waals surface area contributed by atoms with Crippen molar-refractivity contribution in [2.24, 2.45) is 0 Å². The van der Waals surface area contributed by atoms with Gasteiger partial charge in [-0.05, 0) is 28.0 Å². The molecular weight excluding hydrogens is 352 g/mol. The van der Waals surface area contributed by atoms with Gasteiger partial charge in [-0.3, -0.25) is 4.79 Å². The summed E-state index contributed by atoms with van der Waals surface area (Å²) < 4.78 is 0. The molecular formula is C23H16N2OS. The van der Waals surface area contributed by atoms with Crippen molar-refractivity contribution in [2.75, 3.05) is 0 Å². The molecule has 0 spiro atoms. The molecule has 1 N–H and O–H groups in total. The Morgan fingerprint density at radius 2 is 1.67 bits per heavy atom. The van der Waals surface area contributed by atoms with Crippen molar-refractivity contribution in [3.05, 3.63) is 99.9 Å².